The van der Waals surface area contributed by atoms with Crippen molar-refractivity contribution < 1.29 is 4.39 Å². The normalized spacial score (nSPS) is 15.8. The molecule has 0 aliphatic heterocycles. The fraction of sp³-hybridized carbons (Fsp3) is 0.625. The third kappa shape index (κ3) is 1.91. The fourth-order valence-electron chi connectivity index (χ4n) is 1.22. The molecule has 1 rings (SSSR count). The highest BCUT2D eigenvalue weighted by molar-refractivity contribution is 9.10. The summed E-state index contributed by atoms with van der Waals surface area (Å²) in [6.45, 7) is 3.97. The van der Waals surface area contributed by atoms with Crippen LogP contribution in [0.3, 0.4) is 0 Å². The summed E-state index contributed by atoms with van der Waals surface area (Å²) in [5, 5.41) is 4.02. The van der Waals surface area contributed by atoms with Gasteiger partial charge in [-0.25, -0.2) is 4.39 Å². The smallest absolute Gasteiger partial charge is 0.162 e. The summed E-state index contributed by atoms with van der Waals surface area (Å²) >= 11 is 3.26. The Hall–Kier alpha value is -0.420. The zero-order valence-corrected chi connectivity index (χ0v) is 9.31. The summed E-state index contributed by atoms with van der Waals surface area (Å²) in [7, 11) is 0. The molecule has 1 aromatic heterocycles. The maximum absolute atomic E-state index is 13.9. The number of hydrogen-bond acceptors (Lipinski definition) is 2. The molecule has 0 saturated heterocycles. The molecule has 2 N–H and O–H groups in total. The van der Waals surface area contributed by atoms with E-state index in [0.29, 0.717) is 16.7 Å². The van der Waals surface area contributed by atoms with Gasteiger partial charge in [0, 0.05) is 13.1 Å². The molecule has 0 saturated carbocycles. The molecule has 1 aromatic rings. The van der Waals surface area contributed by atoms with Gasteiger partial charge in [-0.2, -0.15) is 5.10 Å². The lowest BCUT2D eigenvalue weighted by atomic mass is 10.1. The molecule has 0 fully saturated rings. The van der Waals surface area contributed by atoms with E-state index in [4.69, 9.17) is 5.73 Å². The van der Waals surface area contributed by atoms with Crippen molar-refractivity contribution in [3.63, 3.8) is 0 Å². The van der Waals surface area contributed by atoms with Crippen LogP contribution in [0.4, 0.5) is 4.39 Å². The van der Waals surface area contributed by atoms with Gasteiger partial charge in [0.05, 0.1) is 16.4 Å². The number of alkyl halides is 1. The molecule has 0 amide bonds. The van der Waals surface area contributed by atoms with Gasteiger partial charge in [-0.05, 0) is 29.8 Å². The quantitative estimate of drug-likeness (QED) is 0.889. The van der Waals surface area contributed by atoms with Crippen LogP contribution in [-0.2, 0) is 12.2 Å². The summed E-state index contributed by atoms with van der Waals surface area (Å²) in [5.41, 5.74) is 4.34. The van der Waals surface area contributed by atoms with Crippen LogP contribution >= 0.6 is 15.9 Å². The summed E-state index contributed by atoms with van der Waals surface area (Å²) < 4.78 is 16.2. The summed E-state index contributed by atoms with van der Waals surface area (Å²) in [6.07, 6.45) is 1.59. The molecule has 74 valence electrons. The first-order valence-corrected chi connectivity index (χ1v) is 4.93. The van der Waals surface area contributed by atoms with E-state index in [1.54, 1.807) is 10.9 Å². The summed E-state index contributed by atoms with van der Waals surface area (Å²) in [6, 6.07) is 0. The van der Waals surface area contributed by atoms with E-state index in [9.17, 15) is 4.39 Å². The highest BCUT2D eigenvalue weighted by Crippen LogP contribution is 2.30. The molecule has 5 heteroatoms. The van der Waals surface area contributed by atoms with E-state index in [-0.39, 0.29) is 6.54 Å². The van der Waals surface area contributed by atoms with Crippen LogP contribution in [0.5, 0.6) is 0 Å². The van der Waals surface area contributed by atoms with Crippen molar-refractivity contribution >= 4 is 15.9 Å². The van der Waals surface area contributed by atoms with Crippen molar-refractivity contribution in [3.8, 4) is 0 Å². The highest BCUT2D eigenvalue weighted by atomic mass is 79.9. The number of nitrogens with two attached hydrogens (primary N) is 1. The lowest BCUT2D eigenvalue weighted by Gasteiger charge is -2.19. The van der Waals surface area contributed by atoms with Crippen molar-refractivity contribution in [1.82, 2.24) is 9.78 Å². The minimum atomic E-state index is -1.52. The molecule has 1 unspecified atom stereocenters. The first kappa shape index (κ1) is 10.7. The van der Waals surface area contributed by atoms with Crippen molar-refractivity contribution in [3.05, 3.63) is 16.4 Å². The van der Waals surface area contributed by atoms with Gasteiger partial charge in [0.2, 0.25) is 0 Å². The number of halogens is 2. The van der Waals surface area contributed by atoms with Gasteiger partial charge in [0.15, 0.2) is 5.67 Å². The molecule has 1 heterocycles. The largest absolute Gasteiger partial charge is 0.327 e. The standard InChI is InChI=1S/C8H13BrFN3/c1-3-13-7(6(9)4-12-13)8(2,10)5-11/h4H,3,5,11H2,1-2H3. The van der Waals surface area contributed by atoms with Gasteiger partial charge >= 0.3 is 0 Å². The Morgan fingerprint density at radius 3 is 2.85 bits per heavy atom. The van der Waals surface area contributed by atoms with Crippen LogP contribution in [0.1, 0.15) is 19.5 Å². The van der Waals surface area contributed by atoms with Gasteiger partial charge in [-0.3, -0.25) is 4.68 Å². The van der Waals surface area contributed by atoms with Crippen LogP contribution in [0.15, 0.2) is 10.7 Å². The first-order valence-electron chi connectivity index (χ1n) is 4.13. The number of rotatable bonds is 3. The van der Waals surface area contributed by atoms with Gasteiger partial charge in [0.25, 0.3) is 0 Å². The Morgan fingerprint density at radius 2 is 2.38 bits per heavy atom. The van der Waals surface area contributed by atoms with Crippen LogP contribution in [-0.4, -0.2) is 16.3 Å². The van der Waals surface area contributed by atoms with Crippen LogP contribution < -0.4 is 5.73 Å². The highest BCUT2D eigenvalue weighted by Gasteiger charge is 2.30. The topological polar surface area (TPSA) is 43.8 Å². The van der Waals surface area contributed by atoms with Gasteiger partial charge in [-0.15, -0.1) is 0 Å². The zero-order chi connectivity index (χ0) is 10.1. The Balaban J connectivity index is 3.18. The second-order valence-corrected chi connectivity index (χ2v) is 3.91. The summed E-state index contributed by atoms with van der Waals surface area (Å²) in [5.74, 6) is 0. The molecular formula is C8H13BrFN3. The molecule has 0 bridgehead atoms. The molecule has 3 nitrogen and oxygen atoms in total. The number of nitrogens with zero attached hydrogens (tertiary/aromatic N) is 2. The first-order chi connectivity index (χ1) is 6.03. The van der Waals surface area contributed by atoms with E-state index in [1.165, 1.54) is 6.92 Å². The molecule has 0 aliphatic carbocycles. The Kier molecular flexibility index (Phi) is 3.08. The van der Waals surface area contributed by atoms with E-state index in [2.05, 4.69) is 21.0 Å². The predicted octanol–water partition coefficient (Wildman–Crippen LogP) is 1.81. The van der Waals surface area contributed by atoms with E-state index >= 15 is 0 Å². The van der Waals surface area contributed by atoms with E-state index < -0.39 is 5.67 Å². The average Bonchev–Trinajstić information content (AvgIpc) is 2.47. The second kappa shape index (κ2) is 3.75. The maximum Gasteiger partial charge on any atom is 0.162 e. The van der Waals surface area contributed by atoms with Crippen LogP contribution in [0, 0.1) is 0 Å². The lowest BCUT2D eigenvalue weighted by molar-refractivity contribution is 0.186. The number of aryl methyl sites for hydroxylation is 1. The Labute approximate surface area is 85.2 Å². The molecule has 0 spiro atoms. The third-order valence-corrected chi connectivity index (χ3v) is 2.55. The Morgan fingerprint density at radius 1 is 1.77 bits per heavy atom. The van der Waals surface area contributed by atoms with Gasteiger partial charge < -0.3 is 5.73 Å². The maximum atomic E-state index is 13.9. The van der Waals surface area contributed by atoms with Crippen molar-refractivity contribution in [2.45, 2.75) is 26.1 Å². The minimum absolute atomic E-state index is 0.0444. The molecule has 0 aliphatic rings. The van der Waals surface area contributed by atoms with E-state index in [1.807, 2.05) is 6.92 Å². The number of aromatic nitrogens is 2. The van der Waals surface area contributed by atoms with Gasteiger partial charge in [0.1, 0.15) is 0 Å². The third-order valence-electron chi connectivity index (χ3n) is 1.97. The van der Waals surface area contributed by atoms with Crippen LogP contribution in [0.2, 0.25) is 0 Å². The molecular weight excluding hydrogens is 237 g/mol. The SMILES string of the molecule is CCn1ncc(Br)c1C(C)(F)CN. The molecule has 13 heavy (non-hydrogen) atoms. The minimum Gasteiger partial charge on any atom is -0.327 e. The van der Waals surface area contributed by atoms with Gasteiger partial charge in [-0.1, -0.05) is 0 Å². The lowest BCUT2D eigenvalue weighted by Crippen LogP contribution is -2.30. The number of hydrogen-bond donors (Lipinski definition) is 1. The fourth-order valence-corrected chi connectivity index (χ4v) is 1.93. The van der Waals surface area contributed by atoms with E-state index in [0.717, 1.165) is 0 Å². The second-order valence-electron chi connectivity index (χ2n) is 3.06. The summed E-state index contributed by atoms with van der Waals surface area (Å²) in [4.78, 5) is 0. The predicted molar refractivity (Wildman–Crippen MR) is 53.1 cm³/mol. The molecule has 0 radical (unpaired) electrons. The van der Waals surface area contributed by atoms with Crippen LogP contribution in [0.25, 0.3) is 0 Å². The average molecular weight is 250 g/mol. The monoisotopic (exact) mass is 249 g/mol. The zero-order valence-electron chi connectivity index (χ0n) is 7.72. The Bertz CT molecular complexity index is 296. The van der Waals surface area contributed by atoms with Crippen molar-refractivity contribution in [2.24, 2.45) is 5.73 Å². The van der Waals surface area contributed by atoms with Crippen molar-refractivity contribution in [1.29, 1.82) is 0 Å². The van der Waals surface area contributed by atoms with Crippen molar-refractivity contribution in [2.75, 3.05) is 6.54 Å². The molecule has 0 aromatic carbocycles. The molecule has 1 atom stereocenters.